The highest BCUT2D eigenvalue weighted by molar-refractivity contribution is 5.97. The number of nitrogens with zero attached hydrogens (tertiary/aromatic N) is 2. The molecule has 1 atom stereocenters. The van der Waals surface area contributed by atoms with Gasteiger partial charge < -0.3 is 19.0 Å². The number of furan rings is 1. The molecule has 24 heavy (non-hydrogen) atoms. The average molecular weight is 327 g/mol. The molecule has 7 nitrogen and oxygen atoms in total. The maximum Gasteiger partial charge on any atom is 0.326 e. The van der Waals surface area contributed by atoms with Crippen LogP contribution in [0.2, 0.25) is 0 Å². The largest absolute Gasteiger partial charge is 0.467 e. The number of hydrogen-bond donors (Lipinski definition) is 1. The summed E-state index contributed by atoms with van der Waals surface area (Å²) in [5.41, 5.74) is 1.78. The highest BCUT2D eigenvalue weighted by Crippen LogP contribution is 2.24. The summed E-state index contributed by atoms with van der Waals surface area (Å²) in [4.78, 5) is 29.0. The van der Waals surface area contributed by atoms with Gasteiger partial charge >= 0.3 is 5.69 Å². The molecule has 3 aromatic rings. The van der Waals surface area contributed by atoms with Crippen LogP contribution in [0.4, 0.5) is 0 Å². The van der Waals surface area contributed by atoms with Crippen LogP contribution in [-0.4, -0.2) is 40.1 Å². The third-order valence-corrected chi connectivity index (χ3v) is 4.37. The minimum atomic E-state index is -0.252. The number of benzene rings is 1. The molecule has 1 unspecified atom stereocenters. The number of nitrogens with one attached hydrogen (secondary N) is 1. The van der Waals surface area contributed by atoms with Gasteiger partial charge in [0.05, 0.1) is 30.4 Å². The molecule has 7 heteroatoms. The summed E-state index contributed by atoms with van der Waals surface area (Å²) in [5.74, 6) is 0.640. The van der Waals surface area contributed by atoms with Crippen molar-refractivity contribution in [3.05, 3.63) is 58.4 Å². The third-order valence-electron chi connectivity index (χ3n) is 4.37. The van der Waals surface area contributed by atoms with E-state index in [1.54, 1.807) is 42.5 Å². The normalized spacial score (nSPS) is 18.2. The number of amides is 1. The van der Waals surface area contributed by atoms with Crippen LogP contribution in [0.1, 0.15) is 22.2 Å². The zero-order valence-corrected chi connectivity index (χ0v) is 13.2. The second kappa shape index (κ2) is 5.68. The molecule has 1 N–H and O–H groups in total. The van der Waals surface area contributed by atoms with E-state index in [4.69, 9.17) is 9.15 Å². The second-order valence-electron chi connectivity index (χ2n) is 5.85. The van der Waals surface area contributed by atoms with Crippen molar-refractivity contribution < 1.29 is 13.9 Å². The molecule has 1 aromatic carbocycles. The molecule has 0 spiro atoms. The van der Waals surface area contributed by atoms with Gasteiger partial charge in [-0.15, -0.1) is 0 Å². The first-order valence-corrected chi connectivity index (χ1v) is 7.76. The van der Waals surface area contributed by atoms with Crippen molar-refractivity contribution in [1.29, 1.82) is 0 Å². The molecule has 1 amide bonds. The van der Waals surface area contributed by atoms with Crippen molar-refractivity contribution >= 4 is 16.9 Å². The van der Waals surface area contributed by atoms with Crippen molar-refractivity contribution in [3.63, 3.8) is 0 Å². The molecule has 0 saturated carbocycles. The molecule has 1 aliphatic rings. The lowest BCUT2D eigenvalue weighted by Gasteiger charge is -2.32. The molecule has 1 aliphatic heterocycles. The summed E-state index contributed by atoms with van der Waals surface area (Å²) >= 11 is 0. The van der Waals surface area contributed by atoms with Crippen LogP contribution in [0, 0.1) is 0 Å². The number of H-pyrrole nitrogens is 1. The van der Waals surface area contributed by atoms with E-state index in [-0.39, 0.29) is 17.7 Å². The van der Waals surface area contributed by atoms with E-state index in [0.29, 0.717) is 30.8 Å². The lowest BCUT2D eigenvalue weighted by molar-refractivity contribution is -0.0321. The number of morpholine rings is 1. The van der Waals surface area contributed by atoms with Gasteiger partial charge in [-0.25, -0.2) is 4.79 Å². The van der Waals surface area contributed by atoms with E-state index in [9.17, 15) is 9.59 Å². The van der Waals surface area contributed by atoms with Crippen molar-refractivity contribution in [1.82, 2.24) is 14.5 Å². The van der Waals surface area contributed by atoms with E-state index >= 15 is 0 Å². The zero-order chi connectivity index (χ0) is 16.7. The van der Waals surface area contributed by atoms with Crippen LogP contribution < -0.4 is 5.69 Å². The number of rotatable bonds is 2. The predicted molar refractivity (Wildman–Crippen MR) is 86.8 cm³/mol. The first kappa shape index (κ1) is 14.8. The Morgan fingerprint density at radius 3 is 3.00 bits per heavy atom. The molecule has 1 fully saturated rings. The Morgan fingerprint density at radius 2 is 2.21 bits per heavy atom. The number of aryl methyl sites for hydroxylation is 1. The van der Waals surface area contributed by atoms with Crippen molar-refractivity contribution in [2.75, 3.05) is 19.7 Å². The molecule has 0 radical (unpaired) electrons. The topological polar surface area (TPSA) is 80.5 Å². The lowest BCUT2D eigenvalue weighted by Crippen LogP contribution is -2.42. The number of imidazole rings is 1. The lowest BCUT2D eigenvalue weighted by atomic mass is 10.1. The van der Waals surface area contributed by atoms with Gasteiger partial charge in [-0.05, 0) is 30.3 Å². The van der Waals surface area contributed by atoms with Crippen molar-refractivity contribution in [2.24, 2.45) is 7.05 Å². The number of hydrogen-bond acceptors (Lipinski definition) is 4. The number of fused-ring (bicyclic) bond motifs is 1. The molecule has 124 valence electrons. The standard InChI is InChI=1S/C17H17N3O4/c1-19-13-9-11(4-5-12(13)18-17(19)22)16(21)20-6-8-24-15(10-20)14-3-2-7-23-14/h2-5,7,9,15H,6,8,10H2,1H3,(H,18,22). The summed E-state index contributed by atoms with van der Waals surface area (Å²) in [6.45, 7) is 1.43. The van der Waals surface area contributed by atoms with Crippen LogP contribution >= 0.6 is 0 Å². The molecule has 2 aromatic heterocycles. The zero-order valence-electron chi connectivity index (χ0n) is 13.2. The Labute approximate surface area is 137 Å². The summed E-state index contributed by atoms with van der Waals surface area (Å²) in [7, 11) is 1.68. The summed E-state index contributed by atoms with van der Waals surface area (Å²) < 4.78 is 12.6. The molecule has 4 rings (SSSR count). The number of carbonyl (C=O) groups is 1. The van der Waals surface area contributed by atoms with E-state index < -0.39 is 0 Å². The number of aromatic nitrogens is 2. The van der Waals surface area contributed by atoms with Crippen molar-refractivity contribution in [3.8, 4) is 0 Å². The average Bonchev–Trinajstić information content (AvgIpc) is 3.24. The SMILES string of the molecule is Cn1c(=O)[nH]c2ccc(C(=O)N3CCOC(c4ccco4)C3)cc21. The fourth-order valence-electron chi connectivity index (χ4n) is 3.02. The Morgan fingerprint density at radius 1 is 1.33 bits per heavy atom. The maximum absolute atomic E-state index is 12.8. The monoisotopic (exact) mass is 327 g/mol. The van der Waals surface area contributed by atoms with Gasteiger partial charge in [-0.1, -0.05) is 0 Å². The summed E-state index contributed by atoms with van der Waals surface area (Å²) in [5, 5.41) is 0. The molecule has 0 aliphatic carbocycles. The minimum Gasteiger partial charge on any atom is -0.467 e. The van der Waals surface area contributed by atoms with Gasteiger partial charge in [-0.2, -0.15) is 0 Å². The Hall–Kier alpha value is -2.80. The van der Waals surface area contributed by atoms with Crippen LogP contribution in [0.3, 0.4) is 0 Å². The van der Waals surface area contributed by atoms with E-state index in [1.165, 1.54) is 4.57 Å². The van der Waals surface area contributed by atoms with Gasteiger partial charge in [-0.3, -0.25) is 9.36 Å². The number of aromatic amines is 1. The van der Waals surface area contributed by atoms with Crippen LogP contribution in [0.25, 0.3) is 11.0 Å². The molecular formula is C17H17N3O4. The number of ether oxygens (including phenoxy) is 1. The fraction of sp³-hybridized carbons (Fsp3) is 0.294. The minimum absolute atomic E-state index is 0.0783. The quantitative estimate of drug-likeness (QED) is 0.776. The second-order valence-corrected chi connectivity index (χ2v) is 5.85. The van der Waals surface area contributed by atoms with Gasteiger partial charge in [0.25, 0.3) is 5.91 Å². The highest BCUT2D eigenvalue weighted by atomic mass is 16.5. The van der Waals surface area contributed by atoms with Crippen molar-refractivity contribution in [2.45, 2.75) is 6.10 Å². The van der Waals surface area contributed by atoms with E-state index in [2.05, 4.69) is 4.98 Å². The third kappa shape index (κ3) is 2.43. The molecule has 1 saturated heterocycles. The Balaban J connectivity index is 1.61. The number of carbonyl (C=O) groups excluding carboxylic acids is 1. The summed E-state index contributed by atoms with van der Waals surface area (Å²) in [6.07, 6.45) is 1.35. The Bertz CT molecular complexity index is 939. The van der Waals surface area contributed by atoms with Crippen LogP contribution in [0.5, 0.6) is 0 Å². The smallest absolute Gasteiger partial charge is 0.326 e. The van der Waals surface area contributed by atoms with Gasteiger partial charge in [0, 0.05) is 19.2 Å². The molecule has 0 bridgehead atoms. The van der Waals surface area contributed by atoms with Gasteiger partial charge in [0.15, 0.2) is 0 Å². The maximum atomic E-state index is 12.8. The van der Waals surface area contributed by atoms with Gasteiger partial charge in [0.2, 0.25) is 0 Å². The molecule has 3 heterocycles. The van der Waals surface area contributed by atoms with Gasteiger partial charge in [0.1, 0.15) is 11.9 Å². The van der Waals surface area contributed by atoms with Crippen LogP contribution in [-0.2, 0) is 11.8 Å². The molecular weight excluding hydrogens is 310 g/mol. The first-order valence-electron chi connectivity index (χ1n) is 7.76. The van der Waals surface area contributed by atoms with Crippen LogP contribution in [0.15, 0.2) is 45.8 Å². The summed E-state index contributed by atoms with van der Waals surface area (Å²) in [6, 6.07) is 8.89. The Kier molecular flexibility index (Phi) is 3.50. The first-order chi connectivity index (χ1) is 11.6. The highest BCUT2D eigenvalue weighted by Gasteiger charge is 2.27. The van der Waals surface area contributed by atoms with E-state index in [1.807, 2.05) is 6.07 Å². The fourth-order valence-corrected chi connectivity index (χ4v) is 3.02. The van der Waals surface area contributed by atoms with E-state index in [0.717, 1.165) is 11.3 Å². The predicted octanol–water partition coefficient (Wildman–Crippen LogP) is 1.67.